The molecule has 1 aromatic carbocycles. The summed E-state index contributed by atoms with van der Waals surface area (Å²) in [6, 6.07) is 5.62. The number of nitrogens with one attached hydrogen (secondary N) is 1. The number of benzene rings is 1. The molecule has 0 aliphatic heterocycles. The lowest BCUT2D eigenvalue weighted by atomic mass is 10.1. The Morgan fingerprint density at radius 1 is 1.21 bits per heavy atom. The van der Waals surface area contributed by atoms with Gasteiger partial charge in [0.1, 0.15) is 0 Å². The minimum atomic E-state index is -0.0590. The van der Waals surface area contributed by atoms with Crippen molar-refractivity contribution >= 4 is 16.9 Å². The summed E-state index contributed by atoms with van der Waals surface area (Å²) in [5.74, 6) is -0.0590. The molecule has 1 N–H and O–H groups in total. The third-order valence-corrected chi connectivity index (χ3v) is 3.33. The predicted molar refractivity (Wildman–Crippen MR) is 76.2 cm³/mol. The van der Waals surface area contributed by atoms with Crippen molar-refractivity contribution in [1.29, 1.82) is 0 Å². The van der Waals surface area contributed by atoms with Gasteiger partial charge >= 0.3 is 0 Å². The molecule has 19 heavy (non-hydrogen) atoms. The summed E-state index contributed by atoms with van der Waals surface area (Å²) in [7, 11) is 0. The topological polar surface area (TPSA) is 54.9 Å². The quantitative estimate of drug-likeness (QED) is 0.919. The lowest BCUT2D eigenvalue weighted by molar-refractivity contribution is 0.0939. The van der Waals surface area contributed by atoms with Crippen molar-refractivity contribution < 1.29 is 4.79 Å². The van der Waals surface area contributed by atoms with E-state index in [1.807, 2.05) is 33.8 Å². The zero-order valence-electron chi connectivity index (χ0n) is 11.8. The molecule has 1 amide bonds. The first-order valence-electron chi connectivity index (χ1n) is 6.57. The molecule has 1 unspecified atom stereocenters. The van der Waals surface area contributed by atoms with Crippen molar-refractivity contribution in [3.05, 3.63) is 35.2 Å². The van der Waals surface area contributed by atoms with Gasteiger partial charge in [-0.2, -0.15) is 0 Å². The second kappa shape index (κ2) is 5.34. The standard InChI is InChI=1S/C15H19N3O/c1-5-9(2)16-15(19)12-6-7-13-14(8-12)18-11(4)10(3)17-13/h6-9H,5H2,1-4H3,(H,16,19). The summed E-state index contributed by atoms with van der Waals surface area (Å²) in [4.78, 5) is 21.0. The number of hydrogen-bond donors (Lipinski definition) is 1. The zero-order chi connectivity index (χ0) is 14.0. The summed E-state index contributed by atoms with van der Waals surface area (Å²) in [6.07, 6.45) is 0.914. The molecule has 0 saturated heterocycles. The Labute approximate surface area is 113 Å². The van der Waals surface area contributed by atoms with Crippen LogP contribution < -0.4 is 5.32 Å². The molecule has 4 heteroatoms. The van der Waals surface area contributed by atoms with Gasteiger partial charge in [-0.25, -0.2) is 9.97 Å². The van der Waals surface area contributed by atoms with E-state index in [0.717, 1.165) is 28.8 Å². The van der Waals surface area contributed by atoms with E-state index < -0.39 is 0 Å². The Balaban J connectivity index is 2.36. The van der Waals surface area contributed by atoms with E-state index in [9.17, 15) is 4.79 Å². The molecule has 100 valence electrons. The number of aryl methyl sites for hydroxylation is 2. The first kappa shape index (κ1) is 13.5. The number of carbonyl (C=O) groups is 1. The minimum absolute atomic E-state index is 0.0590. The Morgan fingerprint density at radius 3 is 2.47 bits per heavy atom. The van der Waals surface area contributed by atoms with E-state index in [4.69, 9.17) is 0 Å². The van der Waals surface area contributed by atoms with Crippen molar-refractivity contribution in [2.24, 2.45) is 0 Å². The van der Waals surface area contributed by atoms with E-state index in [1.165, 1.54) is 0 Å². The Hall–Kier alpha value is -1.97. The molecule has 0 spiro atoms. The van der Waals surface area contributed by atoms with Crippen LogP contribution in [-0.2, 0) is 0 Å². The molecule has 0 fully saturated rings. The number of nitrogens with zero attached hydrogens (tertiary/aromatic N) is 2. The lowest BCUT2D eigenvalue weighted by Gasteiger charge is -2.11. The molecule has 2 aromatic rings. The van der Waals surface area contributed by atoms with Crippen LogP contribution in [0.15, 0.2) is 18.2 Å². The second-order valence-corrected chi connectivity index (χ2v) is 4.88. The number of carbonyl (C=O) groups excluding carboxylic acids is 1. The van der Waals surface area contributed by atoms with Crippen LogP contribution in [0.1, 0.15) is 42.0 Å². The number of hydrogen-bond acceptors (Lipinski definition) is 3. The molecule has 1 atom stereocenters. The first-order valence-corrected chi connectivity index (χ1v) is 6.57. The third-order valence-electron chi connectivity index (χ3n) is 3.33. The molecule has 0 bridgehead atoms. The summed E-state index contributed by atoms with van der Waals surface area (Å²) in [5, 5.41) is 2.95. The Morgan fingerprint density at radius 2 is 1.84 bits per heavy atom. The SMILES string of the molecule is CCC(C)NC(=O)c1ccc2nc(C)c(C)nc2c1. The van der Waals surface area contributed by atoms with Gasteiger partial charge in [0, 0.05) is 11.6 Å². The van der Waals surface area contributed by atoms with Crippen LogP contribution in [-0.4, -0.2) is 21.9 Å². The summed E-state index contributed by atoms with van der Waals surface area (Å²) in [5.41, 5.74) is 4.03. The van der Waals surface area contributed by atoms with Crippen molar-refractivity contribution in [1.82, 2.24) is 15.3 Å². The fraction of sp³-hybridized carbons (Fsp3) is 0.400. The molecule has 4 nitrogen and oxygen atoms in total. The Bertz CT molecular complexity index is 622. The third kappa shape index (κ3) is 2.89. The highest BCUT2D eigenvalue weighted by Gasteiger charge is 2.10. The maximum Gasteiger partial charge on any atom is 0.251 e. The van der Waals surface area contributed by atoms with Gasteiger partial charge < -0.3 is 5.32 Å². The highest BCUT2D eigenvalue weighted by Crippen LogP contribution is 2.14. The van der Waals surface area contributed by atoms with Crippen LogP contribution in [0.4, 0.5) is 0 Å². The van der Waals surface area contributed by atoms with E-state index in [-0.39, 0.29) is 11.9 Å². The molecule has 2 rings (SSSR count). The molecule has 1 aromatic heterocycles. The monoisotopic (exact) mass is 257 g/mol. The van der Waals surface area contributed by atoms with Crippen LogP contribution in [0, 0.1) is 13.8 Å². The average molecular weight is 257 g/mol. The van der Waals surface area contributed by atoms with Crippen LogP contribution >= 0.6 is 0 Å². The highest BCUT2D eigenvalue weighted by molar-refractivity contribution is 5.97. The molecular formula is C15H19N3O. The van der Waals surface area contributed by atoms with Gasteiger partial charge in [-0.1, -0.05) is 6.92 Å². The van der Waals surface area contributed by atoms with Gasteiger partial charge in [-0.15, -0.1) is 0 Å². The summed E-state index contributed by atoms with van der Waals surface area (Å²) >= 11 is 0. The van der Waals surface area contributed by atoms with Crippen LogP contribution in [0.25, 0.3) is 11.0 Å². The normalized spacial score (nSPS) is 12.4. The van der Waals surface area contributed by atoms with Gasteiger partial charge in [0.05, 0.1) is 22.4 Å². The maximum atomic E-state index is 12.1. The molecule has 1 heterocycles. The number of amides is 1. The molecule has 0 radical (unpaired) electrons. The average Bonchev–Trinajstić information content (AvgIpc) is 2.39. The molecule has 0 saturated carbocycles. The Kier molecular flexibility index (Phi) is 3.79. The molecule has 0 aliphatic carbocycles. The van der Waals surface area contributed by atoms with Crippen molar-refractivity contribution in [3.63, 3.8) is 0 Å². The van der Waals surface area contributed by atoms with Crippen molar-refractivity contribution in [2.75, 3.05) is 0 Å². The fourth-order valence-corrected chi connectivity index (χ4v) is 1.78. The number of rotatable bonds is 3. The van der Waals surface area contributed by atoms with E-state index >= 15 is 0 Å². The lowest BCUT2D eigenvalue weighted by Crippen LogP contribution is -2.31. The van der Waals surface area contributed by atoms with Gasteiger partial charge in [-0.05, 0) is 45.4 Å². The van der Waals surface area contributed by atoms with Crippen LogP contribution in [0.3, 0.4) is 0 Å². The summed E-state index contributed by atoms with van der Waals surface area (Å²) < 4.78 is 0. The van der Waals surface area contributed by atoms with Gasteiger partial charge in [-0.3, -0.25) is 4.79 Å². The van der Waals surface area contributed by atoms with Crippen molar-refractivity contribution in [2.45, 2.75) is 40.2 Å². The number of fused-ring (bicyclic) bond motifs is 1. The van der Waals surface area contributed by atoms with Crippen molar-refractivity contribution in [3.8, 4) is 0 Å². The van der Waals surface area contributed by atoms with Crippen LogP contribution in [0.5, 0.6) is 0 Å². The highest BCUT2D eigenvalue weighted by atomic mass is 16.1. The summed E-state index contributed by atoms with van der Waals surface area (Å²) in [6.45, 7) is 7.90. The van der Waals surface area contributed by atoms with Crippen LogP contribution in [0.2, 0.25) is 0 Å². The maximum absolute atomic E-state index is 12.1. The smallest absolute Gasteiger partial charge is 0.251 e. The van der Waals surface area contributed by atoms with E-state index in [0.29, 0.717) is 5.56 Å². The molecule has 0 aliphatic rings. The van der Waals surface area contributed by atoms with E-state index in [1.54, 1.807) is 12.1 Å². The predicted octanol–water partition coefficient (Wildman–Crippen LogP) is 2.77. The first-order chi connectivity index (χ1) is 9.01. The number of aromatic nitrogens is 2. The minimum Gasteiger partial charge on any atom is -0.350 e. The van der Waals surface area contributed by atoms with Gasteiger partial charge in [0.2, 0.25) is 0 Å². The fourth-order valence-electron chi connectivity index (χ4n) is 1.78. The van der Waals surface area contributed by atoms with E-state index in [2.05, 4.69) is 15.3 Å². The van der Waals surface area contributed by atoms with Gasteiger partial charge in [0.15, 0.2) is 0 Å². The van der Waals surface area contributed by atoms with Gasteiger partial charge in [0.25, 0.3) is 5.91 Å². The largest absolute Gasteiger partial charge is 0.350 e. The zero-order valence-corrected chi connectivity index (χ0v) is 11.8. The second-order valence-electron chi connectivity index (χ2n) is 4.88. The molecular weight excluding hydrogens is 238 g/mol.